The zero-order valence-corrected chi connectivity index (χ0v) is 13.5. The van der Waals surface area contributed by atoms with Gasteiger partial charge in [0.2, 0.25) is 0 Å². The molecule has 4 heteroatoms. The first-order valence-electron chi connectivity index (χ1n) is 7.75. The summed E-state index contributed by atoms with van der Waals surface area (Å²) in [5.41, 5.74) is 0. The molecule has 5 aromatic rings. The van der Waals surface area contributed by atoms with Gasteiger partial charge in [-0.15, -0.1) is 11.3 Å². The van der Waals surface area contributed by atoms with Gasteiger partial charge in [0, 0.05) is 20.9 Å². The highest BCUT2D eigenvalue weighted by Crippen LogP contribution is 2.45. The third-order valence-electron chi connectivity index (χ3n) is 4.50. The number of rotatable bonds is 2. The van der Waals surface area contributed by atoms with E-state index in [1.54, 1.807) is 11.3 Å². The molecule has 0 aliphatic rings. The van der Waals surface area contributed by atoms with Crippen molar-refractivity contribution in [2.24, 2.45) is 0 Å². The fourth-order valence-corrected chi connectivity index (χ4v) is 4.75. The van der Waals surface area contributed by atoms with E-state index in [0.717, 1.165) is 34.3 Å². The van der Waals surface area contributed by atoms with E-state index >= 15 is 0 Å². The van der Waals surface area contributed by atoms with Crippen LogP contribution in [0.2, 0.25) is 0 Å². The number of benzene rings is 4. The molecule has 1 radical (unpaired) electrons. The zero-order valence-electron chi connectivity index (χ0n) is 12.7. The lowest BCUT2D eigenvalue weighted by Crippen LogP contribution is -2.00. The van der Waals surface area contributed by atoms with Crippen molar-refractivity contribution < 1.29 is 9.68 Å². The Hall–Kier alpha value is -2.56. The van der Waals surface area contributed by atoms with Crippen molar-refractivity contribution in [2.45, 2.75) is 0 Å². The molecule has 113 valence electrons. The number of fused-ring (bicyclic) bond motifs is 6. The summed E-state index contributed by atoms with van der Waals surface area (Å²) < 4.78 is 7.83. The van der Waals surface area contributed by atoms with Gasteiger partial charge in [-0.1, -0.05) is 60.7 Å². The van der Waals surface area contributed by atoms with Crippen LogP contribution in [-0.4, -0.2) is 12.7 Å². The van der Waals surface area contributed by atoms with E-state index < -0.39 is 0 Å². The van der Waals surface area contributed by atoms with Crippen LogP contribution in [0.4, 0.5) is 0 Å². The fraction of sp³-hybridized carbons (Fsp3) is 0. The van der Waals surface area contributed by atoms with Crippen LogP contribution in [-0.2, 0) is 0 Å². The van der Waals surface area contributed by atoms with Gasteiger partial charge in [0.25, 0.3) is 0 Å². The van der Waals surface area contributed by atoms with Crippen LogP contribution in [0.15, 0.2) is 66.7 Å². The Morgan fingerprint density at radius 2 is 1.46 bits per heavy atom. The molecule has 0 spiro atoms. The van der Waals surface area contributed by atoms with Crippen LogP contribution in [0.5, 0.6) is 5.75 Å². The third kappa shape index (κ3) is 1.87. The molecular formula is C20H12BO2S. The van der Waals surface area contributed by atoms with E-state index in [4.69, 9.17) is 4.65 Å². The van der Waals surface area contributed by atoms with Crippen LogP contribution in [0.25, 0.3) is 41.7 Å². The van der Waals surface area contributed by atoms with Gasteiger partial charge in [-0.3, -0.25) is 0 Å². The van der Waals surface area contributed by atoms with Crippen LogP contribution < -0.4 is 4.65 Å². The maximum absolute atomic E-state index is 9.24. The first kappa shape index (κ1) is 13.8. The molecule has 0 saturated heterocycles. The quantitative estimate of drug-likeness (QED) is 0.448. The normalized spacial score (nSPS) is 11.5. The monoisotopic (exact) mass is 327 g/mol. The summed E-state index contributed by atoms with van der Waals surface area (Å²) in [6, 6.07) is 23.1. The van der Waals surface area contributed by atoms with Crippen molar-refractivity contribution in [3.63, 3.8) is 0 Å². The minimum Gasteiger partial charge on any atom is -0.536 e. The average molecular weight is 327 g/mol. The molecular weight excluding hydrogens is 315 g/mol. The second-order valence-corrected chi connectivity index (χ2v) is 6.81. The Morgan fingerprint density at radius 3 is 2.29 bits per heavy atom. The van der Waals surface area contributed by atoms with Crippen molar-refractivity contribution in [3.8, 4) is 5.75 Å². The summed E-state index contributed by atoms with van der Waals surface area (Å²) in [6.45, 7) is 0. The number of hydrogen-bond donors (Lipinski definition) is 1. The number of thiophene rings is 1. The van der Waals surface area contributed by atoms with Gasteiger partial charge in [0.15, 0.2) is 0 Å². The molecule has 0 fully saturated rings. The predicted molar refractivity (Wildman–Crippen MR) is 103 cm³/mol. The fourth-order valence-electron chi connectivity index (χ4n) is 3.43. The molecule has 4 aromatic carbocycles. The minimum atomic E-state index is 0.718. The Balaban J connectivity index is 2.03. The summed E-state index contributed by atoms with van der Waals surface area (Å²) in [5, 5.41) is 16.2. The smallest absolute Gasteiger partial charge is 0.536 e. The van der Waals surface area contributed by atoms with E-state index in [1.807, 2.05) is 18.2 Å². The third-order valence-corrected chi connectivity index (χ3v) is 5.75. The van der Waals surface area contributed by atoms with Gasteiger partial charge >= 0.3 is 7.69 Å². The maximum atomic E-state index is 9.24. The van der Waals surface area contributed by atoms with Crippen molar-refractivity contribution in [3.05, 3.63) is 66.7 Å². The number of hydrogen-bond acceptors (Lipinski definition) is 3. The second-order valence-electron chi connectivity index (χ2n) is 5.79. The molecule has 0 saturated carbocycles. The van der Waals surface area contributed by atoms with E-state index in [9.17, 15) is 5.02 Å². The molecule has 5 rings (SSSR count). The first-order chi connectivity index (χ1) is 11.9. The Kier molecular flexibility index (Phi) is 3.02. The largest absolute Gasteiger partial charge is 0.569 e. The first-order valence-corrected chi connectivity index (χ1v) is 8.57. The van der Waals surface area contributed by atoms with E-state index in [0.29, 0.717) is 0 Å². The molecule has 0 aliphatic carbocycles. The average Bonchev–Trinajstić information content (AvgIpc) is 3.01. The highest BCUT2D eigenvalue weighted by Gasteiger charge is 2.15. The topological polar surface area (TPSA) is 29.5 Å². The Morgan fingerprint density at radius 1 is 0.708 bits per heavy atom. The predicted octanol–water partition coefficient (Wildman–Crippen LogP) is 5.27. The molecule has 1 heterocycles. The molecule has 0 bridgehead atoms. The van der Waals surface area contributed by atoms with Gasteiger partial charge in [0.1, 0.15) is 5.75 Å². The molecule has 1 N–H and O–H groups in total. The summed E-state index contributed by atoms with van der Waals surface area (Å²) in [6.07, 6.45) is 0. The van der Waals surface area contributed by atoms with Crippen LogP contribution in [0.1, 0.15) is 0 Å². The van der Waals surface area contributed by atoms with E-state index in [2.05, 4.69) is 48.5 Å². The SMILES string of the molecule is O[B]Oc1c2ccccc2cc2c1sc1c3ccccc3ccc21. The summed E-state index contributed by atoms with van der Waals surface area (Å²) >= 11 is 1.72. The lowest BCUT2D eigenvalue weighted by atomic mass is 10.0. The zero-order chi connectivity index (χ0) is 16.1. The van der Waals surface area contributed by atoms with Crippen molar-refractivity contribution in [1.82, 2.24) is 0 Å². The molecule has 0 atom stereocenters. The van der Waals surface area contributed by atoms with Gasteiger partial charge < -0.3 is 9.68 Å². The molecule has 0 unspecified atom stereocenters. The molecule has 0 aliphatic heterocycles. The lowest BCUT2D eigenvalue weighted by molar-refractivity contribution is 0.460. The van der Waals surface area contributed by atoms with Gasteiger partial charge in [0.05, 0.1) is 4.70 Å². The van der Waals surface area contributed by atoms with Crippen LogP contribution >= 0.6 is 11.3 Å². The Labute approximate surface area is 143 Å². The molecule has 2 nitrogen and oxygen atoms in total. The summed E-state index contributed by atoms with van der Waals surface area (Å²) in [4.78, 5) is 0. The molecule has 0 amide bonds. The lowest BCUT2D eigenvalue weighted by Gasteiger charge is -2.08. The van der Waals surface area contributed by atoms with E-state index in [-0.39, 0.29) is 0 Å². The molecule has 1 aromatic heterocycles. The van der Waals surface area contributed by atoms with Gasteiger partial charge in [-0.2, -0.15) is 0 Å². The summed E-state index contributed by atoms with van der Waals surface area (Å²) in [5.74, 6) is 0.718. The minimum absolute atomic E-state index is 0.718. The highest BCUT2D eigenvalue weighted by atomic mass is 32.1. The van der Waals surface area contributed by atoms with Crippen LogP contribution in [0.3, 0.4) is 0 Å². The van der Waals surface area contributed by atoms with Crippen LogP contribution in [0, 0.1) is 0 Å². The van der Waals surface area contributed by atoms with E-state index in [1.165, 1.54) is 20.9 Å². The van der Waals surface area contributed by atoms with Crippen molar-refractivity contribution in [2.75, 3.05) is 0 Å². The second kappa shape index (κ2) is 5.23. The van der Waals surface area contributed by atoms with Crippen molar-refractivity contribution in [1.29, 1.82) is 0 Å². The van der Waals surface area contributed by atoms with Crippen molar-refractivity contribution >= 4 is 60.7 Å². The highest BCUT2D eigenvalue weighted by molar-refractivity contribution is 7.27. The maximum Gasteiger partial charge on any atom is 0.569 e. The summed E-state index contributed by atoms with van der Waals surface area (Å²) in [7, 11) is 0.768. The standard InChI is InChI=1S/C20H12BO2S/c22-21-23-18-14-7-3-2-6-13(14)11-17-16-10-9-12-5-1-4-8-15(12)19(16)24-20(17)18/h1-11,22H. The Bertz CT molecular complexity index is 1230. The molecule has 24 heavy (non-hydrogen) atoms. The van der Waals surface area contributed by atoms with Gasteiger partial charge in [-0.05, 0) is 22.2 Å². The van der Waals surface area contributed by atoms with Gasteiger partial charge in [-0.25, -0.2) is 0 Å².